The Morgan fingerprint density at radius 2 is 1.34 bits per heavy atom. The van der Waals surface area contributed by atoms with E-state index in [2.05, 4.69) is 122 Å². The summed E-state index contributed by atoms with van der Waals surface area (Å²) in [6.07, 6.45) is 0. The molecule has 4 nitrogen and oxygen atoms in total. The molecule has 1 aliphatic rings. The predicted octanol–water partition coefficient (Wildman–Crippen LogP) is 11.1. The summed E-state index contributed by atoms with van der Waals surface area (Å²) >= 11 is 0. The number of hydrogen-bond acceptors (Lipinski definition) is 3. The third-order valence-corrected chi connectivity index (χ3v) is 10.0. The summed E-state index contributed by atoms with van der Waals surface area (Å²) in [7, 11) is 0. The van der Waals surface area contributed by atoms with Crippen molar-refractivity contribution < 1.29 is 4.42 Å². The smallest absolute Gasteiger partial charge is 0.180 e. The molecule has 0 radical (unpaired) electrons. The number of rotatable bonds is 3. The minimum atomic E-state index is -0.0626. The van der Waals surface area contributed by atoms with Crippen LogP contribution in [0.3, 0.4) is 0 Å². The highest BCUT2D eigenvalue weighted by Gasteiger charge is 2.37. The Hall–Kier alpha value is -6.00. The maximum Gasteiger partial charge on any atom is 0.180 e. The van der Waals surface area contributed by atoms with E-state index in [0.717, 1.165) is 39.0 Å². The normalized spacial score (nSPS) is 13.5. The molecule has 9 aromatic rings. The lowest BCUT2D eigenvalue weighted by atomic mass is 9.82. The average Bonchev–Trinajstić information content (AvgIpc) is 3.74. The first kappa shape index (κ1) is 26.2. The van der Waals surface area contributed by atoms with Gasteiger partial charge in [-0.3, -0.25) is 0 Å². The van der Waals surface area contributed by atoms with Gasteiger partial charge < -0.3 is 8.98 Å². The SMILES string of the molecule is CC1(C)c2ccccc2-c2c1ccc1c2c2ccccc2n1-c1cccc(-c2nc(-c3ccccc3)c3oc4ccccc4c3n2)c1. The molecule has 6 aromatic carbocycles. The zero-order valence-corrected chi connectivity index (χ0v) is 26.0. The zero-order chi connectivity index (χ0) is 31.3. The van der Waals surface area contributed by atoms with Gasteiger partial charge in [0.15, 0.2) is 11.4 Å². The highest BCUT2D eigenvalue weighted by atomic mass is 16.3. The molecule has 4 heteroatoms. The van der Waals surface area contributed by atoms with E-state index in [0.29, 0.717) is 11.4 Å². The molecule has 0 aliphatic heterocycles. The first-order valence-electron chi connectivity index (χ1n) is 16.1. The Balaban J connectivity index is 1.23. The maximum absolute atomic E-state index is 6.35. The van der Waals surface area contributed by atoms with Crippen LogP contribution >= 0.6 is 0 Å². The summed E-state index contributed by atoms with van der Waals surface area (Å²) in [5.74, 6) is 0.669. The second-order valence-corrected chi connectivity index (χ2v) is 13.0. The van der Waals surface area contributed by atoms with Crippen LogP contribution in [0.15, 0.2) is 144 Å². The van der Waals surface area contributed by atoms with Crippen LogP contribution in [0.1, 0.15) is 25.0 Å². The van der Waals surface area contributed by atoms with Crippen molar-refractivity contribution >= 4 is 43.9 Å². The zero-order valence-electron chi connectivity index (χ0n) is 26.0. The van der Waals surface area contributed by atoms with Crippen molar-refractivity contribution in [1.82, 2.24) is 14.5 Å². The van der Waals surface area contributed by atoms with Crippen LogP contribution in [-0.4, -0.2) is 14.5 Å². The van der Waals surface area contributed by atoms with E-state index < -0.39 is 0 Å². The number of aromatic nitrogens is 3. The van der Waals surface area contributed by atoms with Gasteiger partial charge in [0.05, 0.1) is 11.0 Å². The van der Waals surface area contributed by atoms with Crippen molar-refractivity contribution in [3.05, 3.63) is 151 Å². The van der Waals surface area contributed by atoms with Crippen molar-refractivity contribution in [2.45, 2.75) is 19.3 Å². The Bertz CT molecular complexity index is 2710. The van der Waals surface area contributed by atoms with Crippen molar-refractivity contribution in [2.75, 3.05) is 0 Å². The van der Waals surface area contributed by atoms with E-state index in [-0.39, 0.29) is 5.41 Å². The van der Waals surface area contributed by atoms with E-state index >= 15 is 0 Å². The molecule has 0 N–H and O–H groups in total. The Labute approximate surface area is 271 Å². The molecule has 3 heterocycles. The van der Waals surface area contributed by atoms with Gasteiger partial charge in [0.1, 0.15) is 16.8 Å². The topological polar surface area (TPSA) is 43.9 Å². The molecule has 0 spiro atoms. The summed E-state index contributed by atoms with van der Waals surface area (Å²) in [6, 6.07) is 49.2. The van der Waals surface area contributed by atoms with Gasteiger partial charge >= 0.3 is 0 Å². The number of nitrogens with zero attached hydrogens (tertiary/aromatic N) is 3. The molecular formula is C43H29N3O. The van der Waals surface area contributed by atoms with Gasteiger partial charge in [-0.2, -0.15) is 0 Å². The Kier molecular flexibility index (Phi) is 5.31. The average molecular weight is 604 g/mol. The van der Waals surface area contributed by atoms with Gasteiger partial charge in [-0.15, -0.1) is 0 Å². The van der Waals surface area contributed by atoms with Gasteiger partial charge in [-0.05, 0) is 58.7 Å². The molecule has 3 aromatic heterocycles. The van der Waals surface area contributed by atoms with E-state index in [4.69, 9.17) is 14.4 Å². The van der Waals surface area contributed by atoms with Crippen molar-refractivity contribution in [3.63, 3.8) is 0 Å². The molecule has 0 atom stereocenters. The fraction of sp³-hybridized carbons (Fsp3) is 0.0698. The minimum Gasteiger partial charge on any atom is -0.452 e. The number of benzene rings is 6. The largest absolute Gasteiger partial charge is 0.452 e. The molecule has 0 fully saturated rings. The highest BCUT2D eigenvalue weighted by molar-refractivity contribution is 6.18. The van der Waals surface area contributed by atoms with Crippen LogP contribution < -0.4 is 0 Å². The first-order chi connectivity index (χ1) is 23.1. The van der Waals surface area contributed by atoms with Gasteiger partial charge in [0.2, 0.25) is 0 Å². The standard InChI is InChI=1S/C43H29N3O/c1-43(2)32-20-9-6-17-29(32)37-33(43)23-24-35-38(37)30-18-7-10-21-34(30)46(35)28-16-12-15-27(25-28)42-44-39(26-13-4-3-5-14-26)41-40(45-42)31-19-8-11-22-36(31)47-41/h3-25H,1-2H3. The Morgan fingerprint density at radius 3 is 2.23 bits per heavy atom. The summed E-state index contributed by atoms with van der Waals surface area (Å²) in [4.78, 5) is 10.3. The summed E-state index contributed by atoms with van der Waals surface area (Å²) in [5, 5.41) is 3.54. The molecule has 0 unspecified atom stereocenters. The number of furan rings is 1. The van der Waals surface area contributed by atoms with Crippen LogP contribution in [0, 0.1) is 0 Å². The third-order valence-electron chi connectivity index (χ3n) is 10.0. The predicted molar refractivity (Wildman–Crippen MR) is 192 cm³/mol. The summed E-state index contributed by atoms with van der Waals surface area (Å²) in [6.45, 7) is 4.69. The quantitative estimate of drug-likeness (QED) is 0.202. The van der Waals surface area contributed by atoms with Crippen molar-refractivity contribution in [3.8, 4) is 39.5 Å². The summed E-state index contributed by atoms with van der Waals surface area (Å²) < 4.78 is 8.75. The molecule has 1 aliphatic carbocycles. The van der Waals surface area contributed by atoms with E-state index in [9.17, 15) is 0 Å². The molecule has 0 saturated heterocycles. The molecular weight excluding hydrogens is 574 g/mol. The number of para-hydroxylation sites is 2. The van der Waals surface area contributed by atoms with Crippen LogP contribution in [-0.2, 0) is 5.41 Å². The van der Waals surface area contributed by atoms with Crippen molar-refractivity contribution in [1.29, 1.82) is 0 Å². The van der Waals surface area contributed by atoms with Crippen molar-refractivity contribution in [2.24, 2.45) is 0 Å². The molecule has 0 amide bonds. The highest BCUT2D eigenvalue weighted by Crippen LogP contribution is 2.53. The first-order valence-corrected chi connectivity index (χ1v) is 16.1. The summed E-state index contributed by atoms with van der Waals surface area (Å²) in [5.41, 5.74) is 13.9. The lowest BCUT2D eigenvalue weighted by Crippen LogP contribution is -2.14. The number of hydrogen-bond donors (Lipinski definition) is 0. The Morgan fingerprint density at radius 1 is 0.596 bits per heavy atom. The molecule has 0 saturated carbocycles. The fourth-order valence-corrected chi connectivity index (χ4v) is 7.83. The molecule has 0 bridgehead atoms. The van der Waals surface area contributed by atoms with Crippen LogP contribution in [0.4, 0.5) is 0 Å². The van der Waals surface area contributed by atoms with Gasteiger partial charge in [0.25, 0.3) is 0 Å². The van der Waals surface area contributed by atoms with Crippen LogP contribution in [0.2, 0.25) is 0 Å². The van der Waals surface area contributed by atoms with E-state index in [1.807, 2.05) is 36.4 Å². The second-order valence-electron chi connectivity index (χ2n) is 13.0. The lowest BCUT2D eigenvalue weighted by Gasteiger charge is -2.21. The van der Waals surface area contributed by atoms with Gasteiger partial charge in [0, 0.05) is 38.4 Å². The fourth-order valence-electron chi connectivity index (χ4n) is 7.83. The molecule has 10 rings (SSSR count). The second kappa shape index (κ2) is 9.51. The van der Waals surface area contributed by atoms with Crippen LogP contribution in [0.25, 0.3) is 83.3 Å². The van der Waals surface area contributed by atoms with Gasteiger partial charge in [-0.25, -0.2) is 9.97 Å². The monoisotopic (exact) mass is 603 g/mol. The third kappa shape index (κ3) is 3.64. The lowest BCUT2D eigenvalue weighted by molar-refractivity contribution is 0.661. The van der Waals surface area contributed by atoms with Crippen LogP contribution in [0.5, 0.6) is 0 Å². The van der Waals surface area contributed by atoms with E-state index in [1.165, 1.54) is 44.1 Å². The van der Waals surface area contributed by atoms with E-state index in [1.54, 1.807) is 0 Å². The molecule has 222 valence electrons. The van der Waals surface area contributed by atoms with Gasteiger partial charge in [-0.1, -0.05) is 117 Å². The number of fused-ring (bicyclic) bond motifs is 10. The molecule has 47 heavy (non-hydrogen) atoms. The maximum atomic E-state index is 6.35. The minimum absolute atomic E-state index is 0.0626.